The molecule has 0 aliphatic carbocycles. The van der Waals surface area contributed by atoms with Crippen molar-refractivity contribution in [2.75, 3.05) is 5.32 Å². The molecule has 1 heterocycles. The summed E-state index contributed by atoms with van der Waals surface area (Å²) in [5, 5.41) is 3.72. The fraction of sp³-hybridized carbons (Fsp3) is 0.154. The molecule has 0 spiro atoms. The molecule has 1 aromatic heterocycles. The third-order valence-electron chi connectivity index (χ3n) is 5.33. The number of halogens is 1. The number of pyridine rings is 1. The molecule has 0 atom stereocenters. The molecular formula is C26H24FN3O2. The lowest BCUT2D eigenvalue weighted by Crippen LogP contribution is -2.35. The van der Waals surface area contributed by atoms with Crippen molar-refractivity contribution in [1.29, 1.82) is 0 Å². The van der Waals surface area contributed by atoms with Crippen LogP contribution in [0.3, 0.4) is 0 Å². The average Bonchev–Trinajstić information content (AvgIpc) is 2.76. The van der Waals surface area contributed by atoms with E-state index in [1.165, 1.54) is 24.3 Å². The molecule has 0 aliphatic heterocycles. The van der Waals surface area contributed by atoms with Crippen LogP contribution in [0.2, 0.25) is 0 Å². The van der Waals surface area contributed by atoms with Gasteiger partial charge in [0.15, 0.2) is 0 Å². The number of carbonyl (C=O) groups excluding carboxylic acids is 1. The van der Waals surface area contributed by atoms with E-state index in [0.717, 1.165) is 27.6 Å². The van der Waals surface area contributed by atoms with Gasteiger partial charge in [-0.15, -0.1) is 0 Å². The number of hydrogen-bond donors (Lipinski definition) is 2. The zero-order chi connectivity index (χ0) is 22.7. The third kappa shape index (κ3) is 4.86. The van der Waals surface area contributed by atoms with Crippen LogP contribution in [0.15, 0.2) is 77.6 Å². The number of urea groups is 1. The first kappa shape index (κ1) is 21.3. The molecule has 32 heavy (non-hydrogen) atoms. The molecule has 0 unspecified atom stereocenters. The van der Waals surface area contributed by atoms with Crippen molar-refractivity contribution in [3.63, 3.8) is 0 Å². The van der Waals surface area contributed by atoms with E-state index in [0.29, 0.717) is 17.8 Å². The molecule has 162 valence electrons. The Morgan fingerprint density at radius 1 is 0.969 bits per heavy atom. The topological polar surface area (TPSA) is 65.2 Å². The molecule has 3 aromatic carbocycles. The number of carbonyl (C=O) groups is 1. The standard InChI is InChI=1S/C26H24FN3O2/c1-17-12-18(2)24-20(13-17)14-21(25(31)29-24)16-30(15-19-6-4-3-5-7-19)26(32)28-23-10-8-22(27)9-11-23/h3-14H,15-16H2,1-2H3,(H,28,32)(H,29,31). The van der Waals surface area contributed by atoms with Crippen molar-refractivity contribution in [2.24, 2.45) is 0 Å². The first-order valence-electron chi connectivity index (χ1n) is 10.4. The van der Waals surface area contributed by atoms with Crippen molar-refractivity contribution in [3.8, 4) is 0 Å². The third-order valence-corrected chi connectivity index (χ3v) is 5.33. The van der Waals surface area contributed by atoms with Crippen LogP contribution in [0.4, 0.5) is 14.9 Å². The van der Waals surface area contributed by atoms with Gasteiger partial charge in [-0.25, -0.2) is 9.18 Å². The zero-order valence-electron chi connectivity index (χ0n) is 18.0. The fourth-order valence-electron chi connectivity index (χ4n) is 3.79. The largest absolute Gasteiger partial charge is 0.322 e. The second-order valence-corrected chi connectivity index (χ2v) is 7.95. The molecule has 4 rings (SSSR count). The molecule has 0 radical (unpaired) electrons. The van der Waals surface area contributed by atoms with Crippen LogP contribution in [0.5, 0.6) is 0 Å². The van der Waals surface area contributed by atoms with E-state index in [9.17, 15) is 14.0 Å². The number of amides is 2. The molecular weight excluding hydrogens is 405 g/mol. The van der Waals surface area contributed by atoms with E-state index >= 15 is 0 Å². The Morgan fingerprint density at radius 2 is 1.69 bits per heavy atom. The Hall–Kier alpha value is -3.93. The molecule has 0 aliphatic rings. The minimum absolute atomic E-state index is 0.125. The Kier molecular flexibility index (Phi) is 6.03. The Balaban J connectivity index is 1.66. The van der Waals surface area contributed by atoms with E-state index in [1.807, 2.05) is 62.4 Å². The molecule has 0 saturated carbocycles. The summed E-state index contributed by atoms with van der Waals surface area (Å²) in [6.45, 7) is 4.41. The number of rotatable bonds is 5. The normalized spacial score (nSPS) is 10.8. The number of fused-ring (bicyclic) bond motifs is 1. The predicted molar refractivity (Wildman–Crippen MR) is 125 cm³/mol. The predicted octanol–water partition coefficient (Wildman–Crippen LogP) is 5.52. The van der Waals surface area contributed by atoms with Crippen molar-refractivity contribution in [3.05, 3.63) is 111 Å². The number of H-pyrrole nitrogens is 1. The first-order chi connectivity index (χ1) is 15.4. The molecule has 2 N–H and O–H groups in total. The molecule has 6 heteroatoms. The van der Waals surface area contributed by atoms with Gasteiger partial charge in [-0.05, 0) is 66.8 Å². The van der Waals surface area contributed by atoms with Crippen LogP contribution < -0.4 is 10.9 Å². The number of benzene rings is 3. The van der Waals surface area contributed by atoms with Crippen LogP contribution in [0.25, 0.3) is 10.9 Å². The van der Waals surface area contributed by atoms with Gasteiger partial charge in [0.25, 0.3) is 5.56 Å². The van der Waals surface area contributed by atoms with Crippen LogP contribution in [0.1, 0.15) is 22.3 Å². The van der Waals surface area contributed by atoms with Gasteiger partial charge in [0.05, 0.1) is 12.1 Å². The van der Waals surface area contributed by atoms with E-state index in [4.69, 9.17) is 0 Å². The molecule has 4 aromatic rings. The zero-order valence-corrected chi connectivity index (χ0v) is 18.0. The lowest BCUT2D eigenvalue weighted by atomic mass is 10.1. The van der Waals surface area contributed by atoms with E-state index < -0.39 is 0 Å². The number of aromatic amines is 1. The molecule has 2 amide bonds. The Bertz CT molecular complexity index is 1310. The SMILES string of the molecule is Cc1cc(C)c2[nH]c(=O)c(CN(Cc3ccccc3)C(=O)Nc3ccc(F)cc3)cc2c1. The van der Waals surface area contributed by atoms with E-state index in [-0.39, 0.29) is 24.0 Å². The maximum Gasteiger partial charge on any atom is 0.322 e. The van der Waals surface area contributed by atoms with Crippen LogP contribution >= 0.6 is 0 Å². The summed E-state index contributed by atoms with van der Waals surface area (Å²) in [6, 6.07) is 20.7. The Morgan fingerprint density at radius 3 is 2.41 bits per heavy atom. The highest BCUT2D eigenvalue weighted by Gasteiger charge is 2.17. The number of aromatic nitrogens is 1. The van der Waals surface area contributed by atoms with Crippen LogP contribution in [-0.4, -0.2) is 15.9 Å². The molecule has 5 nitrogen and oxygen atoms in total. The lowest BCUT2D eigenvalue weighted by molar-refractivity contribution is 0.206. The second-order valence-electron chi connectivity index (χ2n) is 7.95. The fourth-order valence-corrected chi connectivity index (χ4v) is 3.79. The molecule has 0 fully saturated rings. The van der Waals surface area contributed by atoms with Gasteiger partial charge in [-0.3, -0.25) is 4.79 Å². The van der Waals surface area contributed by atoms with Crippen molar-refractivity contribution in [2.45, 2.75) is 26.9 Å². The maximum absolute atomic E-state index is 13.2. The van der Waals surface area contributed by atoms with Gasteiger partial charge in [0, 0.05) is 17.8 Å². The minimum atomic E-state index is -0.377. The highest BCUT2D eigenvalue weighted by molar-refractivity contribution is 5.89. The lowest BCUT2D eigenvalue weighted by Gasteiger charge is -2.23. The van der Waals surface area contributed by atoms with Crippen molar-refractivity contribution >= 4 is 22.6 Å². The summed E-state index contributed by atoms with van der Waals surface area (Å²) in [6.07, 6.45) is 0. The van der Waals surface area contributed by atoms with Gasteiger partial charge >= 0.3 is 6.03 Å². The monoisotopic (exact) mass is 429 g/mol. The number of nitrogens with zero attached hydrogens (tertiary/aromatic N) is 1. The van der Waals surface area contributed by atoms with Gasteiger partial charge < -0.3 is 15.2 Å². The van der Waals surface area contributed by atoms with Gasteiger partial charge in [-0.2, -0.15) is 0 Å². The summed E-state index contributed by atoms with van der Waals surface area (Å²) in [4.78, 5) is 30.4. The van der Waals surface area contributed by atoms with Gasteiger partial charge in [0.1, 0.15) is 5.82 Å². The first-order valence-corrected chi connectivity index (χ1v) is 10.4. The second kappa shape index (κ2) is 9.06. The average molecular weight is 429 g/mol. The quantitative estimate of drug-likeness (QED) is 0.439. The van der Waals surface area contributed by atoms with Crippen molar-refractivity contribution in [1.82, 2.24) is 9.88 Å². The van der Waals surface area contributed by atoms with Crippen LogP contribution in [0, 0.1) is 19.7 Å². The summed E-state index contributed by atoms with van der Waals surface area (Å²) < 4.78 is 13.2. The van der Waals surface area contributed by atoms with E-state index in [2.05, 4.69) is 10.3 Å². The summed E-state index contributed by atoms with van der Waals surface area (Å²) in [7, 11) is 0. The number of nitrogens with one attached hydrogen (secondary N) is 2. The van der Waals surface area contributed by atoms with Gasteiger partial charge in [0.2, 0.25) is 0 Å². The van der Waals surface area contributed by atoms with Crippen molar-refractivity contribution < 1.29 is 9.18 Å². The van der Waals surface area contributed by atoms with E-state index in [1.54, 1.807) is 4.90 Å². The summed E-state index contributed by atoms with van der Waals surface area (Å²) >= 11 is 0. The van der Waals surface area contributed by atoms with Gasteiger partial charge in [-0.1, -0.05) is 42.0 Å². The number of anilines is 1. The smallest absolute Gasteiger partial charge is 0.321 e. The molecule has 0 bridgehead atoms. The highest BCUT2D eigenvalue weighted by atomic mass is 19.1. The number of hydrogen-bond acceptors (Lipinski definition) is 2. The highest BCUT2D eigenvalue weighted by Crippen LogP contribution is 2.19. The summed E-state index contributed by atoms with van der Waals surface area (Å²) in [5.74, 6) is -0.377. The number of aryl methyl sites for hydroxylation is 2. The minimum Gasteiger partial charge on any atom is -0.321 e. The Labute approximate surface area is 185 Å². The molecule has 0 saturated heterocycles. The summed E-state index contributed by atoms with van der Waals surface area (Å²) in [5.41, 5.74) is 4.58. The maximum atomic E-state index is 13.2. The van der Waals surface area contributed by atoms with Crippen LogP contribution in [-0.2, 0) is 13.1 Å².